The van der Waals surface area contributed by atoms with E-state index >= 15 is 0 Å². The van der Waals surface area contributed by atoms with Gasteiger partial charge in [-0.3, -0.25) is 29.5 Å². The van der Waals surface area contributed by atoms with Crippen LogP contribution in [0.15, 0.2) is 224 Å². The minimum atomic E-state index is -1.06. The molecule has 16 bridgehead atoms. The van der Waals surface area contributed by atoms with Crippen LogP contribution < -0.4 is 42.4 Å². The fraction of sp³-hybridized carbons (Fsp3) is 0.250. The quantitative estimate of drug-likeness (QED) is 0.0532. The van der Waals surface area contributed by atoms with Gasteiger partial charge < -0.3 is 70.0 Å². The zero-order chi connectivity index (χ0) is 99.3. The summed E-state index contributed by atoms with van der Waals surface area (Å²) in [6.45, 7) is 32.0. The predicted molar refractivity (Wildman–Crippen MR) is 556 cm³/mol. The van der Waals surface area contributed by atoms with Crippen molar-refractivity contribution in [1.29, 1.82) is 0 Å². The van der Waals surface area contributed by atoms with Crippen molar-refractivity contribution in [2.24, 2.45) is 10.2 Å². The molecule has 39 heteroatoms. The molecular weight excluding hydrogens is 2030 g/mol. The van der Waals surface area contributed by atoms with Gasteiger partial charge in [0.2, 0.25) is 23.1 Å². The van der Waals surface area contributed by atoms with Crippen molar-refractivity contribution in [1.82, 2.24) is 99.7 Å². The first kappa shape index (κ1) is 126. The summed E-state index contributed by atoms with van der Waals surface area (Å²) >= 11 is 37.1. The summed E-state index contributed by atoms with van der Waals surface area (Å²) in [6.07, 6.45) is 11.8. The van der Waals surface area contributed by atoms with Crippen molar-refractivity contribution in [3.63, 3.8) is 0 Å². The van der Waals surface area contributed by atoms with E-state index in [9.17, 15) is 29.4 Å². The van der Waals surface area contributed by atoms with Crippen LogP contribution in [0.25, 0.3) is 179 Å². The molecule has 0 atom stereocenters. The van der Waals surface area contributed by atoms with Gasteiger partial charge in [0.05, 0.1) is 46.6 Å². The van der Waals surface area contributed by atoms with Gasteiger partial charge in [-0.25, -0.2) is 29.5 Å². The van der Waals surface area contributed by atoms with Crippen LogP contribution in [0.5, 0.6) is 11.8 Å². The van der Waals surface area contributed by atoms with Crippen molar-refractivity contribution in [2.75, 3.05) is 51.1 Å². The van der Waals surface area contributed by atoms with E-state index in [4.69, 9.17) is 79.7 Å². The number of azo groups is 1. The van der Waals surface area contributed by atoms with Crippen LogP contribution >= 0.6 is 92.8 Å². The molecule has 730 valence electrons. The van der Waals surface area contributed by atoms with Crippen LogP contribution in [-0.4, -0.2) is 141 Å². The summed E-state index contributed by atoms with van der Waals surface area (Å²) in [5.41, 5.74) is 6.15. The van der Waals surface area contributed by atoms with Gasteiger partial charge in [0, 0.05) is 174 Å². The van der Waals surface area contributed by atoms with Gasteiger partial charge >= 0.3 is 28.4 Å². The Morgan fingerprint density at radius 2 is 0.356 bits per heavy atom. The van der Waals surface area contributed by atoms with Gasteiger partial charge in [0.25, 0.3) is 11.1 Å². The molecule has 0 aliphatic carbocycles. The number of aromatic hydroxyl groups is 2. The van der Waals surface area contributed by atoms with Gasteiger partial charge in [0.1, 0.15) is 0 Å². The minimum Gasteiger partial charge on any atom is -0.493 e. The summed E-state index contributed by atoms with van der Waals surface area (Å²) < 4.78 is 0. The molecule has 0 saturated heterocycles. The number of hydrogen-bond donors (Lipinski definition) is 6. The van der Waals surface area contributed by atoms with E-state index in [-0.39, 0.29) is 50.6 Å². The van der Waals surface area contributed by atoms with E-state index in [0.717, 1.165) is 87.6 Å². The van der Waals surface area contributed by atoms with Gasteiger partial charge in [-0.15, -0.1) is 103 Å². The Hall–Kier alpha value is -11.1. The molecule has 0 fully saturated rings. The minimum absolute atomic E-state index is 0. The average Bonchev–Trinajstić information content (AvgIpc) is 1.60. The Morgan fingerprint density at radius 3 is 0.481 bits per heavy atom. The Kier molecular flexibility index (Phi) is 64.2. The van der Waals surface area contributed by atoms with Crippen LogP contribution in [0.1, 0.15) is 111 Å². The summed E-state index contributed by atoms with van der Waals surface area (Å²) in [5, 5.41) is 32.2. The smallest absolute Gasteiger partial charge is 0.493 e. The molecule has 0 unspecified atom stereocenters. The van der Waals surface area contributed by atoms with Crippen LogP contribution in [0.2, 0.25) is 0 Å². The van der Waals surface area contributed by atoms with Crippen molar-refractivity contribution in [3.8, 4) is 103 Å². The van der Waals surface area contributed by atoms with Crippen LogP contribution in [0.4, 0.5) is 11.4 Å². The van der Waals surface area contributed by atoms with E-state index in [2.05, 4.69) is 103 Å². The fourth-order valence-corrected chi connectivity index (χ4v) is 12.1. The Morgan fingerprint density at radius 1 is 0.230 bits per heavy atom. The third-order valence-electron chi connectivity index (χ3n) is 16.7. The van der Waals surface area contributed by atoms with E-state index in [1.54, 1.807) is 9.97 Å². The van der Waals surface area contributed by atoms with Crippen molar-refractivity contribution < 1.29 is 60.8 Å². The molecule has 4 aliphatic heterocycles. The Balaban J connectivity index is 0. The molecule has 20 rings (SSSR count). The summed E-state index contributed by atoms with van der Waals surface area (Å²) in [4.78, 5) is 130. The number of nitrogens with zero attached hydrogens (tertiary/aromatic N) is 18. The normalized spacial score (nSPS) is 9.45. The average molecular weight is 2140 g/mol. The van der Waals surface area contributed by atoms with Crippen LogP contribution in [0, 0.1) is 0 Å². The van der Waals surface area contributed by atoms with E-state index in [1.165, 1.54) is 51.1 Å². The molecule has 135 heavy (non-hydrogen) atoms. The van der Waals surface area contributed by atoms with E-state index < -0.39 is 45.6 Å². The second-order valence-electron chi connectivity index (χ2n) is 22.7. The van der Waals surface area contributed by atoms with Gasteiger partial charge in [-0.05, 0) is 43.1 Å². The first-order chi connectivity index (χ1) is 65.0. The Bertz CT molecular complexity index is 5890. The molecule has 8 aromatic carbocycles. The second-order valence-corrected chi connectivity index (χ2v) is 22.7. The number of aromatic nitrogens is 20. The number of rotatable bonds is 2. The molecular formula is C96H110Cl8Cu2N22NiO6-2. The molecule has 28 nitrogen and oxygen atoms in total. The fourth-order valence-electron chi connectivity index (χ4n) is 12.1. The summed E-state index contributed by atoms with van der Waals surface area (Å²) in [7, 11) is 0. The van der Waals surface area contributed by atoms with E-state index in [1.807, 2.05) is 315 Å². The number of halogens is 8. The van der Waals surface area contributed by atoms with Crippen molar-refractivity contribution in [2.45, 2.75) is 111 Å². The molecule has 4 aliphatic rings. The monoisotopic (exact) mass is 2130 g/mol. The number of hydrogen-bond acceptors (Lipinski definition) is 20. The van der Waals surface area contributed by atoms with Crippen LogP contribution in [0.3, 0.4) is 0 Å². The topological polar surface area (TPSA) is 408 Å². The number of fused-ring (bicyclic) bond motifs is 40. The molecule has 8 aromatic heterocycles. The SMILES string of the molecule is CC.CC.CC.CC.CC.CC.CC.CC.CCl.CCl.CCl.CCl.CCl.CCl.CCl.CCl.O=c1[nH]c(O)c(N=Nc2c(O)[nH]c(=O)[nH]c2=O)c(=O)[nH]1.[Cu+2].[Cu].[Ni].c1ccc2c(c1)-c1nc-2nc2[n-]c(nc3nc(nc4[n-]c(n1)c1ccccc41)-c1ccccc1-3)c1ccccc21.c1ccc2c(c1)-c1nc-2nc2[n-]c(nc3nc(nc4[n-]c(n1)c1ccccc41)-c1ccccc1-3)c1ccccc21. The Labute approximate surface area is 856 Å². The maximum atomic E-state index is 11.3. The molecule has 12 heterocycles. The first-order valence-electron chi connectivity index (χ1n) is 41.7. The van der Waals surface area contributed by atoms with Crippen LogP contribution in [-0.2, 0) is 50.6 Å². The van der Waals surface area contributed by atoms with Gasteiger partial charge in [0.15, 0.2) is 0 Å². The molecule has 2 radical (unpaired) electrons. The molecule has 16 aromatic rings. The maximum absolute atomic E-state index is 11.3. The molecule has 6 N–H and O–H groups in total. The number of alkyl halides is 8. The largest absolute Gasteiger partial charge is 2.00 e. The first-order valence-corrected chi connectivity index (χ1v) is 47.8. The van der Waals surface area contributed by atoms with Gasteiger partial charge in [-0.1, -0.05) is 305 Å². The van der Waals surface area contributed by atoms with Crippen molar-refractivity contribution in [3.05, 3.63) is 236 Å². The number of nitrogens with one attached hydrogen (secondary N) is 4. The number of H-pyrrole nitrogens is 4. The third kappa shape index (κ3) is 30.7. The molecule has 0 spiro atoms. The van der Waals surface area contributed by atoms with Crippen molar-refractivity contribution >= 4 is 192 Å². The summed E-state index contributed by atoms with van der Waals surface area (Å²) in [6, 6.07) is 63.7. The molecule has 0 saturated carbocycles. The zero-order valence-electron chi connectivity index (χ0n) is 79.0. The number of aromatic amines is 4. The summed E-state index contributed by atoms with van der Waals surface area (Å²) in [5.74, 6) is 2.67. The third-order valence-corrected chi connectivity index (χ3v) is 16.7. The molecule has 0 amide bonds. The second kappa shape index (κ2) is 68.8. The van der Waals surface area contributed by atoms with E-state index in [0.29, 0.717) is 91.8 Å². The van der Waals surface area contributed by atoms with Gasteiger partial charge in [-0.2, -0.15) is 0 Å². The zero-order valence-corrected chi connectivity index (χ0v) is 87.9. The standard InChI is InChI=1S/2C32H16N8.C8H6N6O6.8C2H6.8CH3Cl.2Cu.Ni/c2*1-2-10-18-17(9-1)25-33-26(18)38-28-21-13-5-6-14-22(21)30(35-28)40-32-24-16-8-7-15-23(24)31(36-32)39-29-20-12-4-3-11-19(20)27(34-29)37-25;15-3-1(4(16)10-7(19)9-3)13-14-2-5(17)11-8(20)12-6(2)18;16*1-2;;;/h2*1-16H;(H3,9,10,15,16,19)(H3,11,12,17,18,20);8*1-2H3;8*1H3;;;/q2*-2;;;;;;;;;;;;;;;;;;;+2;. The predicted octanol–water partition coefficient (Wildman–Crippen LogP) is 25.6. The number of benzene rings is 8. The maximum Gasteiger partial charge on any atom is 2.00 e.